The number of rotatable bonds is 7. The van der Waals surface area contributed by atoms with Crippen LogP contribution in [-0.2, 0) is 9.16 Å². The molecule has 0 aliphatic heterocycles. The van der Waals surface area contributed by atoms with Gasteiger partial charge in [0.25, 0.3) is 8.32 Å². The van der Waals surface area contributed by atoms with Crippen LogP contribution in [0.2, 0.25) is 5.04 Å². The molecule has 0 aromatic heterocycles. The van der Waals surface area contributed by atoms with Crippen LogP contribution in [0, 0.1) is 0 Å². The molecule has 0 radical (unpaired) electrons. The second kappa shape index (κ2) is 9.55. The quantitative estimate of drug-likeness (QED) is 0.633. The topological polar surface area (TPSA) is 67.8 Å². The summed E-state index contributed by atoms with van der Waals surface area (Å²) in [6, 6.07) is 21.2. The maximum absolute atomic E-state index is 11.0. The zero-order valence-electron chi connectivity index (χ0n) is 19.1. The second-order valence-corrected chi connectivity index (χ2v) is 13.9. The van der Waals surface area contributed by atoms with Crippen molar-refractivity contribution in [2.75, 3.05) is 13.7 Å². The molecule has 0 unspecified atom stereocenters. The van der Waals surface area contributed by atoms with Crippen molar-refractivity contribution in [3.8, 4) is 0 Å². The Balaban J connectivity index is 1.93. The Bertz CT molecular complexity index is 803. The summed E-state index contributed by atoms with van der Waals surface area (Å²) in [6.07, 6.45) is 2.09. The lowest BCUT2D eigenvalue weighted by molar-refractivity contribution is -0.0749. The number of amides is 1. The molecule has 0 saturated heterocycles. The molecule has 31 heavy (non-hydrogen) atoms. The zero-order chi connectivity index (χ0) is 22.5. The molecule has 0 bridgehead atoms. The Morgan fingerprint density at radius 1 is 1.03 bits per heavy atom. The molecular formula is C25H35NO4Si. The monoisotopic (exact) mass is 441 g/mol. The van der Waals surface area contributed by atoms with Gasteiger partial charge in [-0.25, -0.2) is 4.79 Å². The fourth-order valence-corrected chi connectivity index (χ4v) is 9.51. The SMILES string of the molecule is CO[C@]1(CO[Si](c2ccccc2)(c2ccccc2)C(C)(C)C)CC[C@H](NC(=O)O)CC1. The third-order valence-electron chi connectivity index (χ3n) is 6.63. The fourth-order valence-electron chi connectivity index (χ4n) is 4.87. The van der Waals surface area contributed by atoms with Gasteiger partial charge in [-0.1, -0.05) is 81.4 Å². The van der Waals surface area contributed by atoms with Crippen LogP contribution in [0.1, 0.15) is 46.5 Å². The summed E-state index contributed by atoms with van der Waals surface area (Å²) in [4.78, 5) is 11.0. The fraction of sp³-hybridized carbons (Fsp3) is 0.480. The predicted octanol–water partition coefficient (Wildman–Crippen LogP) is 4.16. The Kier molecular flexibility index (Phi) is 7.24. The first-order valence-corrected chi connectivity index (χ1v) is 12.9. The van der Waals surface area contributed by atoms with Crippen LogP contribution in [0.4, 0.5) is 4.79 Å². The first kappa shape index (κ1) is 23.5. The summed E-state index contributed by atoms with van der Waals surface area (Å²) < 4.78 is 13.1. The summed E-state index contributed by atoms with van der Waals surface area (Å²) in [6.45, 7) is 7.31. The van der Waals surface area contributed by atoms with Crippen molar-refractivity contribution in [1.82, 2.24) is 5.32 Å². The van der Waals surface area contributed by atoms with Crippen LogP contribution in [0.25, 0.3) is 0 Å². The van der Waals surface area contributed by atoms with E-state index in [0.717, 1.165) is 25.7 Å². The van der Waals surface area contributed by atoms with Gasteiger partial charge in [0.1, 0.15) is 0 Å². The molecule has 2 N–H and O–H groups in total. The standard InChI is InChI=1S/C25H35NO4Si/c1-24(2,3)31(21-11-7-5-8-12-21,22-13-9-6-10-14-22)30-19-25(29-4)17-15-20(16-18-25)26-23(27)28/h5-14,20,26H,15-19H2,1-4H3,(H,27,28)/t20-,25+. The van der Waals surface area contributed by atoms with Gasteiger partial charge in [0, 0.05) is 13.2 Å². The smallest absolute Gasteiger partial charge is 0.404 e. The highest BCUT2D eigenvalue weighted by Gasteiger charge is 2.51. The number of methoxy groups -OCH3 is 1. The number of ether oxygens (including phenoxy) is 1. The van der Waals surface area contributed by atoms with E-state index in [0.29, 0.717) is 6.61 Å². The number of benzene rings is 2. The average molecular weight is 442 g/mol. The van der Waals surface area contributed by atoms with Crippen molar-refractivity contribution in [2.45, 2.75) is 63.1 Å². The van der Waals surface area contributed by atoms with Crippen molar-refractivity contribution in [2.24, 2.45) is 0 Å². The number of carbonyl (C=O) groups is 1. The molecule has 5 nitrogen and oxygen atoms in total. The second-order valence-electron chi connectivity index (χ2n) is 9.56. The van der Waals surface area contributed by atoms with Crippen LogP contribution in [0.5, 0.6) is 0 Å². The summed E-state index contributed by atoms with van der Waals surface area (Å²) in [5.74, 6) is 0. The van der Waals surface area contributed by atoms with Crippen molar-refractivity contribution < 1.29 is 19.1 Å². The molecule has 0 atom stereocenters. The molecule has 2 aromatic rings. The van der Waals surface area contributed by atoms with Gasteiger partial charge in [0.15, 0.2) is 0 Å². The summed E-state index contributed by atoms with van der Waals surface area (Å²) in [5.41, 5.74) is -0.399. The van der Waals surface area contributed by atoms with Gasteiger partial charge >= 0.3 is 6.09 Å². The largest absolute Gasteiger partial charge is 0.465 e. The lowest BCUT2D eigenvalue weighted by Gasteiger charge is -2.46. The van der Waals surface area contributed by atoms with Gasteiger partial charge in [-0.2, -0.15) is 0 Å². The molecule has 0 spiro atoms. The summed E-state index contributed by atoms with van der Waals surface area (Å²) in [5, 5.41) is 14.1. The van der Waals surface area contributed by atoms with E-state index in [2.05, 4.69) is 74.6 Å². The number of hydrogen-bond donors (Lipinski definition) is 2. The zero-order valence-corrected chi connectivity index (χ0v) is 20.1. The molecule has 1 amide bonds. The summed E-state index contributed by atoms with van der Waals surface area (Å²) in [7, 11) is -0.880. The van der Waals surface area contributed by atoms with Crippen LogP contribution >= 0.6 is 0 Å². The van der Waals surface area contributed by atoms with Crippen molar-refractivity contribution >= 4 is 24.8 Å². The Morgan fingerprint density at radius 2 is 1.52 bits per heavy atom. The van der Waals surface area contributed by atoms with Gasteiger partial charge in [-0.3, -0.25) is 0 Å². The summed E-state index contributed by atoms with van der Waals surface area (Å²) >= 11 is 0. The molecule has 1 aliphatic carbocycles. The van der Waals surface area contributed by atoms with E-state index in [1.165, 1.54) is 10.4 Å². The molecular weight excluding hydrogens is 406 g/mol. The molecule has 2 aromatic carbocycles. The predicted molar refractivity (Wildman–Crippen MR) is 127 cm³/mol. The average Bonchev–Trinajstić information content (AvgIpc) is 2.76. The molecule has 1 aliphatic rings. The van der Waals surface area contributed by atoms with E-state index in [1.807, 2.05) is 12.1 Å². The van der Waals surface area contributed by atoms with Gasteiger partial charge in [-0.15, -0.1) is 0 Å². The van der Waals surface area contributed by atoms with E-state index in [4.69, 9.17) is 14.3 Å². The van der Waals surface area contributed by atoms with Crippen LogP contribution in [0.3, 0.4) is 0 Å². The van der Waals surface area contributed by atoms with Crippen LogP contribution in [0.15, 0.2) is 60.7 Å². The highest BCUT2D eigenvalue weighted by atomic mass is 28.4. The van der Waals surface area contributed by atoms with E-state index in [9.17, 15) is 4.79 Å². The van der Waals surface area contributed by atoms with Gasteiger partial charge in [-0.05, 0) is 41.1 Å². The Hall–Kier alpha value is -2.15. The molecule has 1 fully saturated rings. The first-order valence-electron chi connectivity index (χ1n) is 11.0. The van der Waals surface area contributed by atoms with Gasteiger partial charge < -0.3 is 19.6 Å². The van der Waals surface area contributed by atoms with Gasteiger partial charge in [0.2, 0.25) is 0 Å². The Labute approximate surface area is 186 Å². The van der Waals surface area contributed by atoms with E-state index in [-0.39, 0.29) is 11.1 Å². The molecule has 168 valence electrons. The van der Waals surface area contributed by atoms with E-state index >= 15 is 0 Å². The maximum Gasteiger partial charge on any atom is 0.404 e. The van der Waals surface area contributed by atoms with Crippen LogP contribution in [-0.4, -0.2) is 44.9 Å². The van der Waals surface area contributed by atoms with E-state index < -0.39 is 20.0 Å². The highest BCUT2D eigenvalue weighted by molar-refractivity contribution is 6.99. The van der Waals surface area contributed by atoms with E-state index in [1.54, 1.807) is 7.11 Å². The third kappa shape index (κ3) is 5.02. The number of hydrogen-bond acceptors (Lipinski definition) is 3. The minimum atomic E-state index is -2.63. The minimum Gasteiger partial charge on any atom is -0.465 e. The highest BCUT2D eigenvalue weighted by Crippen LogP contribution is 2.39. The molecule has 3 rings (SSSR count). The minimum absolute atomic E-state index is 0.0198. The molecule has 6 heteroatoms. The maximum atomic E-state index is 11.0. The van der Waals surface area contributed by atoms with Crippen molar-refractivity contribution in [3.63, 3.8) is 0 Å². The number of nitrogens with one attached hydrogen (secondary N) is 1. The van der Waals surface area contributed by atoms with Gasteiger partial charge in [0.05, 0.1) is 12.2 Å². The molecule has 0 heterocycles. The Morgan fingerprint density at radius 3 is 1.90 bits per heavy atom. The van der Waals surface area contributed by atoms with Crippen LogP contribution < -0.4 is 15.7 Å². The van der Waals surface area contributed by atoms with Crippen molar-refractivity contribution in [3.05, 3.63) is 60.7 Å². The lowest BCUT2D eigenvalue weighted by Crippen LogP contribution is -2.68. The first-order chi connectivity index (χ1) is 14.7. The lowest BCUT2D eigenvalue weighted by atomic mass is 9.82. The molecule has 1 saturated carbocycles. The van der Waals surface area contributed by atoms with Crippen molar-refractivity contribution in [1.29, 1.82) is 0 Å². The normalized spacial score (nSPS) is 22.1. The third-order valence-corrected chi connectivity index (χ3v) is 11.6. The number of carboxylic acid groups (broad SMARTS) is 1.